The molecule has 2 aliphatic rings. The number of piperidine rings is 1. The van der Waals surface area contributed by atoms with Gasteiger partial charge in [0.2, 0.25) is 5.91 Å². The smallest absolute Gasteiger partial charge is 0.234 e. The first-order valence-corrected chi connectivity index (χ1v) is 10.6. The van der Waals surface area contributed by atoms with Gasteiger partial charge in [0, 0.05) is 18.1 Å². The molecule has 2 aromatic rings. The maximum atomic E-state index is 14.2. The number of nitrogens with one attached hydrogen (secondary N) is 1. The lowest BCUT2D eigenvalue weighted by atomic mass is 9.89. The zero-order valence-electron chi connectivity index (χ0n) is 15.7. The standard InChI is InChI=1S/C20H19ClF2N2O4S/c21-11-6-12(22)18(13(23)7-11)25-5-4-20(28,16(26)8-25)10-29-15-3-1-2-14-19(15)30-9-17(27)24-14/h1-3,6-7,16,26,28H,4-5,8-10H2,(H,24,27)/t16-,20-/m1/s1. The Bertz CT molecular complexity index is 972. The van der Waals surface area contributed by atoms with Gasteiger partial charge in [0.15, 0.2) is 11.6 Å². The average Bonchev–Trinajstić information content (AvgIpc) is 2.68. The lowest BCUT2D eigenvalue weighted by molar-refractivity contribution is -0.114. The highest BCUT2D eigenvalue weighted by atomic mass is 35.5. The monoisotopic (exact) mass is 456 g/mol. The Morgan fingerprint density at radius 3 is 2.77 bits per heavy atom. The number of hydrogen-bond donors (Lipinski definition) is 3. The van der Waals surface area contributed by atoms with Crippen molar-refractivity contribution in [2.24, 2.45) is 0 Å². The number of hydrogen-bond acceptors (Lipinski definition) is 6. The van der Waals surface area contributed by atoms with Gasteiger partial charge in [-0.05, 0) is 30.7 Å². The molecule has 0 spiro atoms. The molecule has 4 rings (SSSR count). The van der Waals surface area contributed by atoms with Crippen molar-refractivity contribution < 1.29 is 28.5 Å². The van der Waals surface area contributed by atoms with Crippen molar-refractivity contribution in [3.63, 3.8) is 0 Å². The summed E-state index contributed by atoms with van der Waals surface area (Å²) in [6.45, 7) is -0.268. The summed E-state index contributed by atoms with van der Waals surface area (Å²) >= 11 is 6.99. The molecular formula is C20H19ClF2N2O4S. The molecular weight excluding hydrogens is 438 g/mol. The van der Waals surface area contributed by atoms with E-state index in [-0.39, 0.29) is 48.5 Å². The average molecular weight is 457 g/mol. The number of β-amino-alcohol motifs (C(OH)–C–C–N with tert-alkyl or cyclic N) is 1. The summed E-state index contributed by atoms with van der Waals surface area (Å²) in [6.07, 6.45) is -1.26. The molecule has 10 heteroatoms. The Morgan fingerprint density at radius 1 is 1.33 bits per heavy atom. The first-order valence-electron chi connectivity index (χ1n) is 9.25. The van der Waals surface area contributed by atoms with Gasteiger partial charge in [0.1, 0.15) is 29.7 Å². The number of benzene rings is 2. The van der Waals surface area contributed by atoms with Crippen molar-refractivity contribution >= 4 is 40.6 Å². The zero-order chi connectivity index (χ0) is 21.5. The molecule has 0 bridgehead atoms. The number of amides is 1. The Morgan fingerprint density at radius 2 is 2.07 bits per heavy atom. The van der Waals surface area contributed by atoms with Crippen LogP contribution in [-0.4, -0.2) is 53.3 Å². The maximum absolute atomic E-state index is 14.2. The van der Waals surface area contributed by atoms with Crippen LogP contribution in [0, 0.1) is 11.6 Å². The van der Waals surface area contributed by atoms with Gasteiger partial charge < -0.3 is 25.2 Å². The number of aliphatic hydroxyl groups excluding tert-OH is 1. The lowest BCUT2D eigenvalue weighted by Crippen LogP contribution is -2.58. The second kappa shape index (κ2) is 8.22. The largest absolute Gasteiger partial charge is 0.489 e. The van der Waals surface area contributed by atoms with E-state index in [9.17, 15) is 23.8 Å². The molecule has 0 saturated carbocycles. The normalized spacial score (nSPS) is 23.7. The molecule has 1 amide bonds. The highest BCUT2D eigenvalue weighted by Crippen LogP contribution is 2.40. The van der Waals surface area contributed by atoms with Gasteiger partial charge in [-0.3, -0.25) is 4.79 Å². The summed E-state index contributed by atoms with van der Waals surface area (Å²) in [5, 5.41) is 24.1. The van der Waals surface area contributed by atoms with E-state index in [0.29, 0.717) is 11.4 Å². The highest BCUT2D eigenvalue weighted by molar-refractivity contribution is 8.00. The number of aliphatic hydroxyl groups is 2. The Hall–Kier alpha value is -2.07. The van der Waals surface area contributed by atoms with Crippen LogP contribution in [0.3, 0.4) is 0 Å². The minimum absolute atomic E-state index is 0.0363. The first kappa shape index (κ1) is 21.2. The number of halogens is 3. The van der Waals surface area contributed by atoms with Gasteiger partial charge >= 0.3 is 0 Å². The second-order valence-electron chi connectivity index (χ2n) is 7.29. The summed E-state index contributed by atoms with van der Waals surface area (Å²) in [6, 6.07) is 7.20. The summed E-state index contributed by atoms with van der Waals surface area (Å²) < 4.78 is 34.2. The van der Waals surface area contributed by atoms with E-state index >= 15 is 0 Å². The summed E-state index contributed by atoms with van der Waals surface area (Å²) in [4.78, 5) is 13.6. The van der Waals surface area contributed by atoms with Crippen LogP contribution in [-0.2, 0) is 4.79 Å². The van der Waals surface area contributed by atoms with Gasteiger partial charge in [-0.2, -0.15) is 0 Å². The minimum atomic E-state index is -1.60. The molecule has 0 aliphatic carbocycles. The number of ether oxygens (including phenoxy) is 1. The van der Waals surface area contributed by atoms with E-state index in [1.54, 1.807) is 18.2 Å². The van der Waals surface area contributed by atoms with Crippen LogP contribution in [0.5, 0.6) is 5.75 Å². The van der Waals surface area contributed by atoms with Crippen LogP contribution >= 0.6 is 23.4 Å². The molecule has 6 nitrogen and oxygen atoms in total. The van der Waals surface area contributed by atoms with Gasteiger partial charge in [0.25, 0.3) is 0 Å². The highest BCUT2D eigenvalue weighted by Gasteiger charge is 2.42. The molecule has 2 heterocycles. The van der Waals surface area contributed by atoms with Crippen LogP contribution in [0.2, 0.25) is 5.02 Å². The van der Waals surface area contributed by atoms with Crippen LogP contribution in [0.25, 0.3) is 0 Å². The van der Waals surface area contributed by atoms with Crippen molar-refractivity contribution in [1.29, 1.82) is 0 Å². The van der Waals surface area contributed by atoms with Gasteiger partial charge in [-0.15, -0.1) is 11.8 Å². The van der Waals surface area contributed by atoms with Crippen molar-refractivity contribution in [3.8, 4) is 5.75 Å². The summed E-state index contributed by atoms with van der Waals surface area (Å²) in [5.41, 5.74) is -1.25. The Kier molecular flexibility index (Phi) is 5.80. The molecule has 0 aromatic heterocycles. The Labute approximate surface area is 180 Å². The van der Waals surface area contributed by atoms with E-state index in [1.165, 1.54) is 16.7 Å². The van der Waals surface area contributed by atoms with Gasteiger partial charge in [-0.25, -0.2) is 8.78 Å². The minimum Gasteiger partial charge on any atom is -0.489 e. The molecule has 2 atom stereocenters. The predicted molar refractivity (Wildman–Crippen MR) is 110 cm³/mol. The fourth-order valence-electron chi connectivity index (χ4n) is 3.58. The van der Waals surface area contributed by atoms with E-state index in [0.717, 1.165) is 17.0 Å². The topological polar surface area (TPSA) is 82.0 Å². The summed E-state index contributed by atoms with van der Waals surface area (Å²) in [5.74, 6) is -1.02. The third-order valence-corrected chi connectivity index (χ3v) is 6.54. The van der Waals surface area contributed by atoms with Crippen LogP contribution < -0.4 is 15.0 Å². The molecule has 1 fully saturated rings. The lowest BCUT2D eigenvalue weighted by Gasteiger charge is -2.42. The van der Waals surface area contributed by atoms with Crippen molar-refractivity contribution in [3.05, 3.63) is 47.0 Å². The van der Waals surface area contributed by atoms with Crippen molar-refractivity contribution in [2.45, 2.75) is 23.0 Å². The SMILES string of the molecule is O=C1CSc2c(cccc2OC[C@]2(O)CCN(c3c(F)cc(Cl)cc3F)C[C@H]2O)N1. The van der Waals surface area contributed by atoms with E-state index in [4.69, 9.17) is 16.3 Å². The van der Waals surface area contributed by atoms with Crippen LogP contribution in [0.1, 0.15) is 6.42 Å². The third-order valence-electron chi connectivity index (χ3n) is 5.20. The molecule has 0 radical (unpaired) electrons. The van der Waals surface area contributed by atoms with Gasteiger partial charge in [-0.1, -0.05) is 17.7 Å². The van der Waals surface area contributed by atoms with E-state index in [2.05, 4.69) is 5.32 Å². The number of carbonyl (C=O) groups is 1. The van der Waals surface area contributed by atoms with E-state index < -0.39 is 23.3 Å². The molecule has 1 saturated heterocycles. The summed E-state index contributed by atoms with van der Waals surface area (Å²) in [7, 11) is 0. The maximum Gasteiger partial charge on any atom is 0.234 e. The second-order valence-corrected chi connectivity index (χ2v) is 8.71. The van der Waals surface area contributed by atoms with Crippen molar-refractivity contribution in [2.75, 3.05) is 35.7 Å². The van der Waals surface area contributed by atoms with Crippen LogP contribution in [0.4, 0.5) is 20.2 Å². The van der Waals surface area contributed by atoms with Gasteiger partial charge in [0.05, 0.1) is 16.3 Å². The van der Waals surface area contributed by atoms with Crippen molar-refractivity contribution in [1.82, 2.24) is 0 Å². The number of rotatable bonds is 4. The first-order chi connectivity index (χ1) is 14.3. The number of anilines is 2. The molecule has 2 aromatic carbocycles. The number of carbonyl (C=O) groups excluding carboxylic acids is 1. The molecule has 30 heavy (non-hydrogen) atoms. The molecule has 3 N–H and O–H groups in total. The third kappa shape index (κ3) is 4.07. The molecule has 160 valence electrons. The zero-order valence-corrected chi connectivity index (χ0v) is 17.3. The van der Waals surface area contributed by atoms with E-state index in [1.807, 2.05) is 0 Å². The quantitative estimate of drug-likeness (QED) is 0.656. The predicted octanol–water partition coefficient (Wildman–Crippen LogP) is 3.04. The van der Waals surface area contributed by atoms with Crippen LogP contribution in [0.15, 0.2) is 35.2 Å². The number of thioether (sulfide) groups is 1. The fraction of sp³-hybridized carbons (Fsp3) is 0.350. The molecule has 2 aliphatic heterocycles. The number of fused-ring (bicyclic) bond motifs is 1. The molecule has 0 unspecified atom stereocenters. The fourth-order valence-corrected chi connectivity index (χ4v) is 4.66. The number of nitrogens with zero attached hydrogens (tertiary/aromatic N) is 1. The Balaban J connectivity index is 1.46.